The van der Waals surface area contributed by atoms with Crippen molar-refractivity contribution in [3.63, 3.8) is 0 Å². The van der Waals surface area contributed by atoms with Crippen LogP contribution in [-0.4, -0.2) is 38.4 Å². The van der Waals surface area contributed by atoms with E-state index in [-0.39, 0.29) is 17.9 Å². The highest BCUT2D eigenvalue weighted by Gasteiger charge is 2.12. The summed E-state index contributed by atoms with van der Waals surface area (Å²) in [6, 6.07) is 4.52. The molecule has 0 bridgehead atoms. The smallest absolute Gasteiger partial charge is 0.354 e. The predicted octanol–water partition coefficient (Wildman–Crippen LogP) is 1.14. The normalized spacial score (nSPS) is 10.2. The topological polar surface area (TPSA) is 94.3 Å². The molecule has 2 heterocycles. The first-order valence-corrected chi connectivity index (χ1v) is 5.54. The predicted molar refractivity (Wildman–Crippen MR) is 64.3 cm³/mol. The molecule has 0 saturated carbocycles. The van der Waals surface area contributed by atoms with Gasteiger partial charge in [-0.15, -0.1) is 0 Å². The van der Waals surface area contributed by atoms with Crippen LogP contribution in [0.1, 0.15) is 27.8 Å². The summed E-state index contributed by atoms with van der Waals surface area (Å²) in [5.74, 6) is -1.29. The number of carbonyl (C=O) groups excluding carboxylic acids is 1. The molecule has 0 atom stereocenters. The quantitative estimate of drug-likeness (QED) is 0.829. The minimum atomic E-state index is -1.13. The summed E-state index contributed by atoms with van der Waals surface area (Å²) in [5, 5.41) is 12.8. The minimum Gasteiger partial charge on any atom is -0.477 e. The molecule has 0 aliphatic rings. The zero-order chi connectivity index (χ0) is 13.8. The number of hydrogen-bond donors (Lipinski definition) is 1. The van der Waals surface area contributed by atoms with Gasteiger partial charge in [-0.1, -0.05) is 6.07 Å². The second kappa shape index (κ2) is 5.30. The van der Waals surface area contributed by atoms with Crippen molar-refractivity contribution < 1.29 is 19.4 Å². The van der Waals surface area contributed by atoms with Crippen molar-refractivity contribution in [1.29, 1.82) is 0 Å². The summed E-state index contributed by atoms with van der Waals surface area (Å²) in [6.07, 6.45) is 2.78. The van der Waals surface area contributed by atoms with E-state index in [1.165, 1.54) is 23.1 Å². The third-order valence-electron chi connectivity index (χ3n) is 2.28. The third-order valence-corrected chi connectivity index (χ3v) is 2.28. The molecule has 0 aliphatic carbocycles. The highest BCUT2D eigenvalue weighted by Crippen LogP contribution is 2.08. The number of hydrogen-bond acceptors (Lipinski definition) is 5. The fourth-order valence-corrected chi connectivity index (χ4v) is 1.44. The SMILES string of the molecule is CCOC(=O)c1cnn(-c2cccc(C(=O)O)n2)c1. The Bertz CT molecular complexity index is 621. The maximum Gasteiger partial charge on any atom is 0.354 e. The van der Waals surface area contributed by atoms with E-state index in [1.54, 1.807) is 19.1 Å². The average Bonchev–Trinajstić information content (AvgIpc) is 2.89. The largest absolute Gasteiger partial charge is 0.477 e. The number of pyridine rings is 1. The molecular weight excluding hydrogens is 250 g/mol. The summed E-state index contributed by atoms with van der Waals surface area (Å²) in [4.78, 5) is 26.2. The van der Waals surface area contributed by atoms with E-state index in [0.29, 0.717) is 5.82 Å². The Balaban J connectivity index is 2.30. The number of aromatic carboxylic acids is 1. The van der Waals surface area contributed by atoms with Gasteiger partial charge >= 0.3 is 11.9 Å². The number of carbonyl (C=O) groups is 2. The van der Waals surface area contributed by atoms with Gasteiger partial charge in [0, 0.05) is 6.20 Å². The molecule has 0 spiro atoms. The van der Waals surface area contributed by atoms with Crippen LogP contribution in [0.5, 0.6) is 0 Å². The van der Waals surface area contributed by atoms with Crippen LogP contribution in [0.2, 0.25) is 0 Å². The standard InChI is InChI=1S/C12H11N3O4/c1-2-19-12(18)8-6-13-15(7-8)10-5-3-4-9(14-10)11(16)17/h3-7H,2H2,1H3,(H,16,17). The second-order valence-electron chi connectivity index (χ2n) is 3.58. The lowest BCUT2D eigenvalue weighted by Crippen LogP contribution is -2.05. The van der Waals surface area contributed by atoms with E-state index in [2.05, 4.69) is 10.1 Å². The number of nitrogens with zero attached hydrogens (tertiary/aromatic N) is 3. The molecule has 2 rings (SSSR count). The molecule has 19 heavy (non-hydrogen) atoms. The van der Waals surface area contributed by atoms with Crippen LogP contribution in [0.4, 0.5) is 0 Å². The lowest BCUT2D eigenvalue weighted by Gasteiger charge is -2.01. The number of ether oxygens (including phenoxy) is 1. The van der Waals surface area contributed by atoms with Gasteiger partial charge in [0.25, 0.3) is 0 Å². The van der Waals surface area contributed by atoms with Gasteiger partial charge in [-0.25, -0.2) is 19.3 Å². The van der Waals surface area contributed by atoms with Gasteiger partial charge in [-0.2, -0.15) is 5.10 Å². The molecular formula is C12H11N3O4. The molecule has 2 aromatic heterocycles. The van der Waals surface area contributed by atoms with Gasteiger partial charge < -0.3 is 9.84 Å². The summed E-state index contributed by atoms with van der Waals surface area (Å²) < 4.78 is 6.15. The molecule has 0 fully saturated rings. The van der Waals surface area contributed by atoms with Crippen LogP contribution in [0, 0.1) is 0 Å². The first-order chi connectivity index (χ1) is 9.11. The fourth-order valence-electron chi connectivity index (χ4n) is 1.44. The number of carboxylic acid groups (broad SMARTS) is 1. The van der Waals surface area contributed by atoms with Gasteiger partial charge in [0.1, 0.15) is 0 Å². The molecule has 1 N–H and O–H groups in total. The van der Waals surface area contributed by atoms with Crippen molar-refractivity contribution in [2.24, 2.45) is 0 Å². The van der Waals surface area contributed by atoms with Crippen molar-refractivity contribution in [1.82, 2.24) is 14.8 Å². The lowest BCUT2D eigenvalue weighted by molar-refractivity contribution is 0.0525. The van der Waals surface area contributed by atoms with E-state index in [0.717, 1.165) is 0 Å². The Morgan fingerprint density at radius 1 is 1.42 bits per heavy atom. The number of carboxylic acids is 1. The highest BCUT2D eigenvalue weighted by atomic mass is 16.5. The van der Waals surface area contributed by atoms with Gasteiger partial charge in [0.05, 0.1) is 18.4 Å². The Kier molecular flexibility index (Phi) is 3.56. The number of aromatic nitrogens is 3. The average molecular weight is 261 g/mol. The van der Waals surface area contributed by atoms with Gasteiger partial charge in [0.2, 0.25) is 0 Å². The van der Waals surface area contributed by atoms with Crippen LogP contribution < -0.4 is 0 Å². The molecule has 0 saturated heterocycles. The summed E-state index contributed by atoms with van der Waals surface area (Å²) >= 11 is 0. The van der Waals surface area contributed by atoms with Gasteiger partial charge in [0.15, 0.2) is 11.5 Å². The summed E-state index contributed by atoms with van der Waals surface area (Å²) in [6.45, 7) is 1.98. The minimum absolute atomic E-state index is 0.0920. The van der Waals surface area contributed by atoms with E-state index >= 15 is 0 Å². The fraction of sp³-hybridized carbons (Fsp3) is 0.167. The second-order valence-corrected chi connectivity index (χ2v) is 3.58. The zero-order valence-electron chi connectivity index (χ0n) is 10.1. The van der Waals surface area contributed by atoms with E-state index in [1.807, 2.05) is 0 Å². The Hall–Kier alpha value is -2.70. The molecule has 0 unspecified atom stereocenters. The van der Waals surface area contributed by atoms with Gasteiger partial charge in [-0.05, 0) is 19.1 Å². The molecule has 0 aliphatic heterocycles. The van der Waals surface area contributed by atoms with Crippen LogP contribution >= 0.6 is 0 Å². The maximum atomic E-state index is 11.5. The summed E-state index contributed by atoms with van der Waals surface area (Å²) in [5.41, 5.74) is 0.190. The van der Waals surface area contributed by atoms with E-state index in [4.69, 9.17) is 9.84 Å². The first kappa shape index (κ1) is 12.7. The lowest BCUT2D eigenvalue weighted by atomic mass is 10.3. The summed E-state index contributed by atoms with van der Waals surface area (Å²) in [7, 11) is 0. The zero-order valence-corrected chi connectivity index (χ0v) is 10.1. The molecule has 0 radical (unpaired) electrons. The van der Waals surface area contributed by atoms with E-state index in [9.17, 15) is 9.59 Å². The number of esters is 1. The van der Waals surface area contributed by atoms with Crippen molar-refractivity contribution in [2.45, 2.75) is 6.92 Å². The van der Waals surface area contributed by atoms with Crippen LogP contribution in [0.15, 0.2) is 30.6 Å². The Morgan fingerprint density at radius 3 is 2.89 bits per heavy atom. The maximum absolute atomic E-state index is 11.5. The Morgan fingerprint density at radius 2 is 2.21 bits per heavy atom. The molecule has 0 aromatic carbocycles. The van der Waals surface area contributed by atoms with Gasteiger partial charge in [-0.3, -0.25) is 0 Å². The molecule has 98 valence electrons. The van der Waals surface area contributed by atoms with Crippen LogP contribution in [0.3, 0.4) is 0 Å². The Labute approximate surface area is 108 Å². The number of rotatable bonds is 4. The van der Waals surface area contributed by atoms with E-state index < -0.39 is 11.9 Å². The monoisotopic (exact) mass is 261 g/mol. The molecule has 2 aromatic rings. The highest BCUT2D eigenvalue weighted by molar-refractivity contribution is 5.89. The molecule has 7 nitrogen and oxygen atoms in total. The van der Waals surface area contributed by atoms with Crippen LogP contribution in [-0.2, 0) is 4.74 Å². The molecule has 0 amide bonds. The molecule has 7 heteroatoms. The van der Waals surface area contributed by atoms with Crippen molar-refractivity contribution >= 4 is 11.9 Å². The van der Waals surface area contributed by atoms with Crippen molar-refractivity contribution in [3.05, 3.63) is 41.9 Å². The van der Waals surface area contributed by atoms with Crippen molar-refractivity contribution in [3.8, 4) is 5.82 Å². The van der Waals surface area contributed by atoms with Crippen molar-refractivity contribution in [2.75, 3.05) is 6.61 Å². The third kappa shape index (κ3) is 2.76. The van der Waals surface area contributed by atoms with Crippen LogP contribution in [0.25, 0.3) is 5.82 Å². The first-order valence-electron chi connectivity index (χ1n) is 5.54.